The van der Waals surface area contributed by atoms with Crippen molar-refractivity contribution in [1.82, 2.24) is 0 Å². The Balaban J connectivity index is 3.21. The van der Waals surface area contributed by atoms with Crippen LogP contribution in [0.1, 0.15) is 33.1 Å². The molecule has 0 aliphatic heterocycles. The summed E-state index contributed by atoms with van der Waals surface area (Å²) < 4.78 is 10.6. The summed E-state index contributed by atoms with van der Waals surface area (Å²) in [6, 6.07) is 0. The minimum absolute atomic E-state index is 0.372. The van der Waals surface area contributed by atoms with Crippen molar-refractivity contribution in [1.29, 1.82) is 0 Å². The van der Waals surface area contributed by atoms with E-state index in [1.165, 1.54) is 0 Å². The quantitative estimate of drug-likeness (QED) is 0.457. The van der Waals surface area contributed by atoms with Gasteiger partial charge >= 0.3 is 0 Å². The van der Waals surface area contributed by atoms with Crippen molar-refractivity contribution in [3.63, 3.8) is 0 Å². The Hall–Kier alpha value is -0.870. The molecule has 0 fully saturated rings. The van der Waals surface area contributed by atoms with E-state index in [-0.39, 0.29) is 5.91 Å². The molecule has 4 nitrogen and oxygen atoms in total. The molecular formula is C12H23NO3. The summed E-state index contributed by atoms with van der Waals surface area (Å²) >= 11 is 0. The predicted octanol–water partition coefficient (Wildman–Crippen LogP) is 1.64. The zero-order chi connectivity index (χ0) is 12.2. The van der Waals surface area contributed by atoms with Crippen molar-refractivity contribution in [2.75, 3.05) is 26.4 Å². The summed E-state index contributed by atoms with van der Waals surface area (Å²) in [6.07, 6.45) is 4.75. The second-order valence-corrected chi connectivity index (χ2v) is 3.62. The molecule has 0 radical (unpaired) electrons. The fourth-order valence-corrected chi connectivity index (χ4v) is 1.03. The molecule has 1 amide bonds. The third-order valence-corrected chi connectivity index (χ3v) is 2.12. The molecule has 0 heterocycles. The summed E-state index contributed by atoms with van der Waals surface area (Å²) in [5, 5.41) is 0. The Bertz CT molecular complexity index is 214. The van der Waals surface area contributed by atoms with E-state index in [2.05, 4.69) is 6.92 Å². The van der Waals surface area contributed by atoms with Gasteiger partial charge in [-0.15, -0.1) is 0 Å². The van der Waals surface area contributed by atoms with Crippen LogP contribution in [0.25, 0.3) is 0 Å². The summed E-state index contributed by atoms with van der Waals surface area (Å²) in [5.74, 6) is -0.372. The molecule has 0 rings (SSSR count). The molecule has 0 saturated carbocycles. The highest BCUT2D eigenvalue weighted by Crippen LogP contribution is 1.94. The smallest absolute Gasteiger partial charge is 0.244 e. The minimum atomic E-state index is -0.372. The number of nitrogens with two attached hydrogens (primary N) is 1. The zero-order valence-corrected chi connectivity index (χ0v) is 10.3. The number of amides is 1. The van der Waals surface area contributed by atoms with E-state index in [0.717, 1.165) is 19.4 Å². The molecule has 0 bridgehead atoms. The van der Waals surface area contributed by atoms with E-state index in [1.54, 1.807) is 13.0 Å². The largest absolute Gasteiger partial charge is 0.379 e. The van der Waals surface area contributed by atoms with E-state index >= 15 is 0 Å². The highest BCUT2D eigenvalue weighted by atomic mass is 16.5. The first-order chi connectivity index (χ1) is 7.68. The van der Waals surface area contributed by atoms with Crippen LogP contribution in [0.15, 0.2) is 11.6 Å². The molecule has 0 aliphatic carbocycles. The molecule has 4 heteroatoms. The lowest BCUT2D eigenvalue weighted by Gasteiger charge is -2.04. The Kier molecular flexibility index (Phi) is 10.1. The van der Waals surface area contributed by atoms with Crippen molar-refractivity contribution < 1.29 is 14.3 Å². The number of primary amides is 1. The van der Waals surface area contributed by atoms with Gasteiger partial charge in [-0.05, 0) is 19.8 Å². The highest BCUT2D eigenvalue weighted by molar-refractivity contribution is 5.91. The molecule has 0 aliphatic rings. The van der Waals surface area contributed by atoms with E-state index in [9.17, 15) is 4.79 Å². The van der Waals surface area contributed by atoms with E-state index in [1.807, 2.05) is 0 Å². The van der Waals surface area contributed by atoms with Crippen LogP contribution in [0.2, 0.25) is 0 Å². The first-order valence-electron chi connectivity index (χ1n) is 5.80. The van der Waals surface area contributed by atoms with Gasteiger partial charge in [0.1, 0.15) is 0 Å². The van der Waals surface area contributed by atoms with Gasteiger partial charge in [0.25, 0.3) is 0 Å². The maximum atomic E-state index is 10.7. The van der Waals surface area contributed by atoms with Gasteiger partial charge in [-0.3, -0.25) is 4.79 Å². The summed E-state index contributed by atoms with van der Waals surface area (Å²) in [7, 11) is 0. The molecule has 0 unspecified atom stereocenters. The van der Waals surface area contributed by atoms with Crippen LogP contribution in [0.5, 0.6) is 0 Å². The Morgan fingerprint density at radius 1 is 1.19 bits per heavy atom. The number of hydrogen-bond donors (Lipinski definition) is 1. The Morgan fingerprint density at radius 3 is 2.38 bits per heavy atom. The van der Waals surface area contributed by atoms with E-state index in [0.29, 0.717) is 31.8 Å². The number of ether oxygens (including phenoxy) is 2. The topological polar surface area (TPSA) is 61.6 Å². The van der Waals surface area contributed by atoms with Crippen LogP contribution in [0, 0.1) is 0 Å². The number of hydrogen-bond acceptors (Lipinski definition) is 3. The van der Waals surface area contributed by atoms with Gasteiger partial charge in [0.05, 0.1) is 19.8 Å². The van der Waals surface area contributed by atoms with Gasteiger partial charge in [0.15, 0.2) is 0 Å². The molecule has 0 spiro atoms. The van der Waals surface area contributed by atoms with Crippen molar-refractivity contribution in [3.05, 3.63) is 11.6 Å². The van der Waals surface area contributed by atoms with Crippen LogP contribution < -0.4 is 5.73 Å². The Labute approximate surface area is 97.8 Å². The summed E-state index contributed by atoms with van der Waals surface area (Å²) in [4.78, 5) is 10.7. The summed E-state index contributed by atoms with van der Waals surface area (Å²) in [5.41, 5.74) is 5.66. The third kappa shape index (κ3) is 9.68. The van der Waals surface area contributed by atoms with E-state index < -0.39 is 0 Å². The molecule has 16 heavy (non-hydrogen) atoms. The summed E-state index contributed by atoms with van der Waals surface area (Å²) in [6.45, 7) is 6.48. The Morgan fingerprint density at radius 2 is 1.81 bits per heavy atom. The lowest BCUT2D eigenvalue weighted by atomic mass is 10.2. The second-order valence-electron chi connectivity index (χ2n) is 3.62. The van der Waals surface area contributed by atoms with Crippen LogP contribution in [0.3, 0.4) is 0 Å². The fourth-order valence-electron chi connectivity index (χ4n) is 1.03. The lowest BCUT2D eigenvalue weighted by molar-refractivity contribution is -0.114. The van der Waals surface area contributed by atoms with Gasteiger partial charge in [0.2, 0.25) is 5.91 Å². The second kappa shape index (κ2) is 10.6. The van der Waals surface area contributed by atoms with Crippen LogP contribution in [-0.2, 0) is 14.3 Å². The fraction of sp³-hybridized carbons (Fsp3) is 0.750. The van der Waals surface area contributed by atoms with Gasteiger partial charge in [-0.2, -0.15) is 0 Å². The van der Waals surface area contributed by atoms with Gasteiger partial charge in [0, 0.05) is 12.2 Å². The number of carbonyl (C=O) groups excluding carboxylic acids is 1. The number of carbonyl (C=O) groups is 1. The van der Waals surface area contributed by atoms with Crippen LogP contribution in [0.4, 0.5) is 0 Å². The lowest BCUT2D eigenvalue weighted by Crippen LogP contribution is -2.12. The van der Waals surface area contributed by atoms with E-state index in [4.69, 9.17) is 15.2 Å². The number of unbranched alkanes of at least 4 members (excludes halogenated alkanes) is 1. The molecule has 0 aromatic heterocycles. The van der Waals surface area contributed by atoms with Gasteiger partial charge in [-0.25, -0.2) is 0 Å². The number of rotatable bonds is 10. The third-order valence-electron chi connectivity index (χ3n) is 2.12. The van der Waals surface area contributed by atoms with Gasteiger partial charge in [-0.1, -0.05) is 19.4 Å². The first kappa shape index (κ1) is 15.1. The molecule has 0 aromatic carbocycles. The van der Waals surface area contributed by atoms with Crippen molar-refractivity contribution >= 4 is 5.91 Å². The standard InChI is InChI=1S/C12H23NO3/c1-3-4-7-15-9-10-16-8-5-6-11(2)12(13)14/h6H,3-5,7-10H2,1-2H3,(H2,13,14)/b11-6+. The SMILES string of the molecule is CCCCOCCOCC/C=C(\C)C(N)=O. The molecule has 0 atom stereocenters. The highest BCUT2D eigenvalue weighted by Gasteiger charge is 1.95. The molecule has 94 valence electrons. The molecule has 0 saturated heterocycles. The van der Waals surface area contributed by atoms with Crippen LogP contribution in [-0.4, -0.2) is 32.3 Å². The normalized spacial score (nSPS) is 11.8. The maximum absolute atomic E-state index is 10.7. The van der Waals surface area contributed by atoms with Gasteiger partial charge < -0.3 is 15.2 Å². The van der Waals surface area contributed by atoms with Crippen molar-refractivity contribution in [3.8, 4) is 0 Å². The molecule has 0 aromatic rings. The van der Waals surface area contributed by atoms with Crippen LogP contribution >= 0.6 is 0 Å². The molecular weight excluding hydrogens is 206 g/mol. The zero-order valence-electron chi connectivity index (χ0n) is 10.3. The minimum Gasteiger partial charge on any atom is -0.379 e. The van der Waals surface area contributed by atoms with Crippen molar-refractivity contribution in [2.24, 2.45) is 5.73 Å². The average Bonchev–Trinajstić information content (AvgIpc) is 2.26. The van der Waals surface area contributed by atoms with Crippen molar-refractivity contribution in [2.45, 2.75) is 33.1 Å². The first-order valence-corrected chi connectivity index (χ1v) is 5.80. The average molecular weight is 229 g/mol. The monoisotopic (exact) mass is 229 g/mol. The maximum Gasteiger partial charge on any atom is 0.244 e. The predicted molar refractivity (Wildman–Crippen MR) is 64.1 cm³/mol. The molecule has 2 N–H and O–H groups in total.